The molecule has 2 rings (SSSR count). The van der Waals surface area contributed by atoms with Crippen molar-refractivity contribution in [1.29, 1.82) is 0 Å². The van der Waals surface area contributed by atoms with Crippen LogP contribution in [0.25, 0.3) is 11.0 Å². The zero-order valence-electron chi connectivity index (χ0n) is 11.4. The summed E-state index contributed by atoms with van der Waals surface area (Å²) in [5.41, 5.74) is 3.10. The van der Waals surface area contributed by atoms with Crippen molar-refractivity contribution in [2.45, 2.75) is 32.9 Å². The number of aromatic nitrogens is 2. The molecule has 0 radical (unpaired) electrons. The highest BCUT2D eigenvalue weighted by Gasteiger charge is 2.09. The van der Waals surface area contributed by atoms with Crippen LogP contribution in [-0.2, 0) is 13.0 Å². The van der Waals surface area contributed by atoms with Crippen molar-refractivity contribution in [1.82, 2.24) is 9.55 Å². The number of hydrogen-bond acceptors (Lipinski definition) is 3. The Morgan fingerprint density at radius 2 is 2.21 bits per heavy atom. The Hall–Kier alpha value is -1.26. The van der Waals surface area contributed by atoms with Crippen LogP contribution >= 0.6 is 11.6 Å². The Morgan fingerprint density at radius 1 is 1.42 bits per heavy atom. The molecule has 104 valence electrons. The molecule has 0 bridgehead atoms. The largest absolute Gasteiger partial charge is 0.390 e. The Balaban J connectivity index is 2.26. The van der Waals surface area contributed by atoms with Crippen LogP contribution in [0.1, 0.15) is 19.7 Å². The Kier molecular flexibility index (Phi) is 4.66. The van der Waals surface area contributed by atoms with Gasteiger partial charge in [0.1, 0.15) is 5.82 Å². The maximum Gasteiger partial charge on any atom is 0.109 e. The third-order valence-electron chi connectivity index (χ3n) is 3.18. The average Bonchev–Trinajstić information content (AvgIpc) is 2.81. The summed E-state index contributed by atoms with van der Waals surface area (Å²) in [5, 5.41) is 12.6. The van der Waals surface area contributed by atoms with Gasteiger partial charge >= 0.3 is 0 Å². The Labute approximate surface area is 118 Å². The third-order valence-corrected chi connectivity index (χ3v) is 3.54. The first-order chi connectivity index (χ1) is 9.19. The lowest BCUT2D eigenvalue weighted by Crippen LogP contribution is -2.20. The molecule has 0 aliphatic carbocycles. The lowest BCUT2D eigenvalue weighted by Gasteiger charge is -2.10. The molecule has 0 fully saturated rings. The Morgan fingerprint density at radius 3 is 2.84 bits per heavy atom. The molecular weight excluding hydrogens is 262 g/mol. The van der Waals surface area contributed by atoms with E-state index in [1.165, 1.54) is 0 Å². The van der Waals surface area contributed by atoms with Crippen molar-refractivity contribution < 1.29 is 5.11 Å². The van der Waals surface area contributed by atoms with E-state index in [0.29, 0.717) is 6.54 Å². The van der Waals surface area contributed by atoms with Gasteiger partial charge in [0.15, 0.2) is 0 Å². The molecule has 19 heavy (non-hydrogen) atoms. The summed E-state index contributed by atoms with van der Waals surface area (Å²) in [6.45, 7) is 5.62. The molecule has 0 saturated carbocycles. The van der Waals surface area contributed by atoms with Gasteiger partial charge in [-0.3, -0.25) is 0 Å². The monoisotopic (exact) mass is 281 g/mol. The normalized spacial score (nSPS) is 12.8. The zero-order valence-corrected chi connectivity index (χ0v) is 12.1. The summed E-state index contributed by atoms with van der Waals surface area (Å²) < 4.78 is 2.23. The number of imidazole rings is 1. The molecule has 1 heterocycles. The molecule has 5 heteroatoms. The lowest BCUT2D eigenvalue weighted by molar-refractivity contribution is 0.211. The number of nitrogens with zero attached hydrogens (tertiary/aromatic N) is 2. The summed E-state index contributed by atoms with van der Waals surface area (Å²) in [4.78, 5) is 4.64. The van der Waals surface area contributed by atoms with Gasteiger partial charge in [-0.25, -0.2) is 4.98 Å². The maximum atomic E-state index is 9.44. The molecule has 0 aliphatic rings. The van der Waals surface area contributed by atoms with Gasteiger partial charge in [0.05, 0.1) is 23.0 Å². The van der Waals surface area contributed by atoms with Crippen molar-refractivity contribution >= 4 is 28.3 Å². The van der Waals surface area contributed by atoms with E-state index < -0.39 is 6.10 Å². The number of halogens is 1. The number of nitrogens with one attached hydrogen (secondary N) is 1. The van der Waals surface area contributed by atoms with Crippen molar-refractivity contribution in [2.75, 3.05) is 17.7 Å². The molecule has 0 saturated heterocycles. The molecule has 1 aromatic heterocycles. The van der Waals surface area contributed by atoms with E-state index in [2.05, 4.69) is 34.8 Å². The fourth-order valence-electron chi connectivity index (χ4n) is 2.20. The van der Waals surface area contributed by atoms with Crippen LogP contribution in [0.4, 0.5) is 5.69 Å². The number of hydrogen-bond donors (Lipinski definition) is 2. The first-order valence-electron chi connectivity index (χ1n) is 6.66. The molecule has 1 atom stereocenters. The van der Waals surface area contributed by atoms with Gasteiger partial charge in [-0.15, -0.1) is 11.6 Å². The fraction of sp³-hybridized carbons (Fsp3) is 0.500. The number of alkyl halides is 1. The van der Waals surface area contributed by atoms with E-state index in [-0.39, 0.29) is 5.88 Å². The van der Waals surface area contributed by atoms with Crippen LogP contribution < -0.4 is 5.32 Å². The first-order valence-corrected chi connectivity index (χ1v) is 7.20. The van der Waals surface area contributed by atoms with E-state index in [0.717, 1.165) is 35.5 Å². The molecular formula is C14H20ClN3O. The number of fused-ring (bicyclic) bond motifs is 1. The Bertz CT molecular complexity index is 553. The summed E-state index contributed by atoms with van der Waals surface area (Å²) in [6, 6.07) is 6.10. The number of aliphatic hydroxyl groups excluding tert-OH is 1. The second-order valence-electron chi connectivity index (χ2n) is 4.52. The van der Waals surface area contributed by atoms with Gasteiger partial charge in [0.25, 0.3) is 0 Å². The maximum absolute atomic E-state index is 9.44. The molecule has 0 amide bonds. The minimum absolute atomic E-state index is 0.236. The highest BCUT2D eigenvalue weighted by atomic mass is 35.5. The summed E-state index contributed by atoms with van der Waals surface area (Å²) in [7, 11) is 0. The number of aryl methyl sites for hydroxylation is 2. The van der Waals surface area contributed by atoms with Crippen molar-refractivity contribution in [3.05, 3.63) is 24.0 Å². The van der Waals surface area contributed by atoms with E-state index in [1.54, 1.807) is 0 Å². The van der Waals surface area contributed by atoms with Gasteiger partial charge in [0.2, 0.25) is 0 Å². The number of anilines is 1. The molecule has 2 N–H and O–H groups in total. The lowest BCUT2D eigenvalue weighted by atomic mass is 10.2. The predicted octanol–water partition coefficient (Wildman–Crippen LogP) is 2.63. The smallest absolute Gasteiger partial charge is 0.109 e. The SMILES string of the molecule is CCc1nc2cc(NCC(O)CCl)ccc2n1CC. The summed E-state index contributed by atoms with van der Waals surface area (Å²) >= 11 is 5.57. The molecule has 0 aliphatic heterocycles. The topological polar surface area (TPSA) is 50.1 Å². The number of aliphatic hydroxyl groups is 1. The summed E-state index contributed by atoms with van der Waals surface area (Å²) in [5.74, 6) is 1.34. The van der Waals surface area contributed by atoms with Gasteiger partial charge in [-0.2, -0.15) is 0 Å². The predicted molar refractivity (Wildman–Crippen MR) is 80.0 cm³/mol. The average molecular weight is 282 g/mol. The first kappa shape index (κ1) is 14.2. The second kappa shape index (κ2) is 6.26. The van der Waals surface area contributed by atoms with Crippen LogP contribution in [0.15, 0.2) is 18.2 Å². The quantitative estimate of drug-likeness (QED) is 0.801. The van der Waals surface area contributed by atoms with Crippen LogP contribution in [0, 0.1) is 0 Å². The van der Waals surface area contributed by atoms with Gasteiger partial charge in [-0.05, 0) is 25.1 Å². The molecule has 0 spiro atoms. The van der Waals surface area contributed by atoms with E-state index in [1.807, 2.05) is 12.1 Å². The molecule has 1 aromatic carbocycles. The van der Waals surface area contributed by atoms with Crippen LogP contribution in [0.2, 0.25) is 0 Å². The van der Waals surface area contributed by atoms with Gasteiger partial charge in [0, 0.05) is 25.2 Å². The number of benzene rings is 1. The fourth-order valence-corrected chi connectivity index (χ4v) is 2.31. The van der Waals surface area contributed by atoms with Crippen molar-refractivity contribution in [3.8, 4) is 0 Å². The second-order valence-corrected chi connectivity index (χ2v) is 4.83. The van der Waals surface area contributed by atoms with Crippen molar-refractivity contribution in [2.24, 2.45) is 0 Å². The molecule has 2 aromatic rings. The van der Waals surface area contributed by atoms with E-state index in [4.69, 9.17) is 11.6 Å². The highest BCUT2D eigenvalue weighted by molar-refractivity contribution is 6.18. The van der Waals surface area contributed by atoms with E-state index in [9.17, 15) is 5.11 Å². The van der Waals surface area contributed by atoms with Crippen LogP contribution in [0.5, 0.6) is 0 Å². The number of rotatable bonds is 6. The molecule has 4 nitrogen and oxygen atoms in total. The summed E-state index contributed by atoms with van der Waals surface area (Å²) in [6.07, 6.45) is 0.396. The van der Waals surface area contributed by atoms with Crippen molar-refractivity contribution in [3.63, 3.8) is 0 Å². The van der Waals surface area contributed by atoms with Gasteiger partial charge < -0.3 is 15.0 Å². The molecule has 1 unspecified atom stereocenters. The standard InChI is InChI=1S/C14H20ClN3O/c1-3-14-17-12-7-10(16-9-11(19)8-15)5-6-13(12)18(14)4-2/h5-7,11,16,19H,3-4,8-9H2,1-2H3. The third kappa shape index (κ3) is 3.01. The minimum atomic E-state index is -0.531. The van der Waals surface area contributed by atoms with E-state index >= 15 is 0 Å². The van der Waals surface area contributed by atoms with Gasteiger partial charge in [-0.1, -0.05) is 6.92 Å². The highest BCUT2D eigenvalue weighted by Crippen LogP contribution is 2.21. The zero-order chi connectivity index (χ0) is 13.8. The van der Waals surface area contributed by atoms with Crippen LogP contribution in [0.3, 0.4) is 0 Å². The van der Waals surface area contributed by atoms with Crippen LogP contribution in [-0.4, -0.2) is 33.2 Å². The minimum Gasteiger partial charge on any atom is -0.390 e.